The van der Waals surface area contributed by atoms with E-state index in [1.807, 2.05) is 79.3 Å². The topological polar surface area (TPSA) is 104 Å². The molecule has 0 spiro atoms. The second kappa shape index (κ2) is 15.6. The molecule has 282 valence electrons. The number of anilines is 2. The Morgan fingerprint density at radius 2 is 1.64 bits per heavy atom. The predicted octanol–water partition coefficient (Wildman–Crippen LogP) is 4.85. The molecule has 0 radical (unpaired) electrons. The molecule has 2 saturated heterocycles. The van der Waals surface area contributed by atoms with Crippen LogP contribution in [0.4, 0.5) is 15.8 Å². The van der Waals surface area contributed by atoms with Crippen molar-refractivity contribution in [1.29, 1.82) is 0 Å². The van der Waals surface area contributed by atoms with Crippen molar-refractivity contribution < 1.29 is 19.0 Å². The van der Waals surface area contributed by atoms with E-state index in [-0.39, 0.29) is 23.5 Å². The molecule has 1 aromatic heterocycles. The highest BCUT2D eigenvalue weighted by atomic mass is 19.1. The molecular weight excluding hydrogens is 675 g/mol. The van der Waals surface area contributed by atoms with E-state index < -0.39 is 11.7 Å². The van der Waals surface area contributed by atoms with E-state index in [9.17, 15) is 9.90 Å². The summed E-state index contributed by atoms with van der Waals surface area (Å²) in [4.78, 5) is 19.7. The molecule has 4 atom stereocenters. The molecule has 53 heavy (non-hydrogen) atoms. The number of halogens is 1. The molecule has 4 unspecified atom stereocenters. The van der Waals surface area contributed by atoms with Gasteiger partial charge in [0.05, 0.1) is 37.6 Å². The second-order valence-corrected chi connectivity index (χ2v) is 14.6. The maximum atomic E-state index is 15.5. The molecule has 4 heterocycles. The highest BCUT2D eigenvalue weighted by molar-refractivity contribution is 5.56. The SMILES string of the molecule is CCc1ccc(C2(CN3CN(C)C=N3)CC(COc3ccc(N4CCN(c5ccc(-n6cnn(C(CC)C(C)O)c6=O)cc5)CC4)cc3)CO2)c(F)c1. The summed E-state index contributed by atoms with van der Waals surface area (Å²) in [6, 6.07) is 21.4. The zero-order chi connectivity index (χ0) is 37.1. The van der Waals surface area contributed by atoms with Crippen LogP contribution >= 0.6 is 0 Å². The van der Waals surface area contributed by atoms with Crippen molar-refractivity contribution in [3.05, 3.63) is 100 Å². The van der Waals surface area contributed by atoms with E-state index in [1.54, 1.807) is 19.3 Å². The summed E-state index contributed by atoms with van der Waals surface area (Å²) < 4.78 is 31.1. The number of piperazine rings is 1. The van der Waals surface area contributed by atoms with Gasteiger partial charge in [0.15, 0.2) is 0 Å². The van der Waals surface area contributed by atoms with Crippen molar-refractivity contribution in [2.24, 2.45) is 11.0 Å². The second-order valence-electron chi connectivity index (χ2n) is 14.6. The van der Waals surface area contributed by atoms with Crippen LogP contribution in [0.25, 0.3) is 5.69 Å². The number of nitrogens with zero attached hydrogens (tertiary/aromatic N) is 8. The molecule has 0 saturated carbocycles. The summed E-state index contributed by atoms with van der Waals surface area (Å²) in [6.07, 6.45) is 4.67. The molecule has 3 aromatic carbocycles. The fraction of sp³-hybridized carbons (Fsp3) is 0.475. The van der Waals surface area contributed by atoms with Crippen LogP contribution in [0.1, 0.15) is 50.8 Å². The first-order valence-electron chi connectivity index (χ1n) is 18.8. The number of hydrogen-bond acceptors (Lipinski definition) is 10. The molecule has 13 heteroatoms. The Morgan fingerprint density at radius 1 is 0.981 bits per heavy atom. The van der Waals surface area contributed by atoms with Gasteiger partial charge in [-0.2, -0.15) is 10.2 Å². The summed E-state index contributed by atoms with van der Waals surface area (Å²) in [5.41, 5.74) is 3.49. The molecule has 0 bridgehead atoms. The monoisotopic (exact) mass is 726 g/mol. The zero-order valence-corrected chi connectivity index (χ0v) is 31.1. The maximum Gasteiger partial charge on any atom is 0.350 e. The number of ether oxygens (including phenoxy) is 2. The normalized spacial score (nSPS) is 21.4. The first-order valence-corrected chi connectivity index (χ1v) is 18.8. The molecule has 0 amide bonds. The zero-order valence-electron chi connectivity index (χ0n) is 31.1. The van der Waals surface area contributed by atoms with Crippen LogP contribution < -0.4 is 20.2 Å². The Kier molecular flexibility index (Phi) is 10.7. The van der Waals surface area contributed by atoms with Gasteiger partial charge in [-0.25, -0.2) is 18.4 Å². The summed E-state index contributed by atoms with van der Waals surface area (Å²) in [7, 11) is 1.97. The highest BCUT2D eigenvalue weighted by Gasteiger charge is 2.45. The van der Waals surface area contributed by atoms with Gasteiger partial charge in [0.1, 0.15) is 36.5 Å². The quantitative estimate of drug-likeness (QED) is 0.207. The van der Waals surface area contributed by atoms with Crippen molar-refractivity contribution in [2.75, 3.05) is 69.5 Å². The lowest BCUT2D eigenvalue weighted by Gasteiger charge is -2.37. The van der Waals surface area contributed by atoms with E-state index in [1.165, 1.54) is 15.6 Å². The largest absolute Gasteiger partial charge is 0.493 e. The van der Waals surface area contributed by atoms with Crippen LogP contribution in [0.5, 0.6) is 5.75 Å². The minimum atomic E-state index is -0.803. The Balaban J connectivity index is 0.923. The number of hydrazone groups is 1. The van der Waals surface area contributed by atoms with E-state index in [0.29, 0.717) is 44.8 Å². The van der Waals surface area contributed by atoms with Crippen LogP contribution in [-0.4, -0.2) is 101 Å². The first-order chi connectivity index (χ1) is 25.7. The number of hydrogen-bond donors (Lipinski definition) is 1. The Hall–Kier alpha value is -4.88. The van der Waals surface area contributed by atoms with Gasteiger partial charge in [-0.1, -0.05) is 26.0 Å². The molecule has 3 aliphatic rings. The van der Waals surface area contributed by atoms with Crippen LogP contribution in [0.2, 0.25) is 0 Å². The molecule has 3 aliphatic heterocycles. The molecular formula is C40H51FN8O4. The Bertz CT molecular complexity index is 1920. The van der Waals surface area contributed by atoms with E-state index in [4.69, 9.17) is 9.47 Å². The number of aromatic nitrogens is 3. The number of rotatable bonds is 13. The third-order valence-electron chi connectivity index (χ3n) is 10.8. The summed E-state index contributed by atoms with van der Waals surface area (Å²) >= 11 is 0. The van der Waals surface area contributed by atoms with Gasteiger partial charge in [0.25, 0.3) is 0 Å². The van der Waals surface area contributed by atoms with Crippen molar-refractivity contribution in [3.8, 4) is 11.4 Å². The fourth-order valence-electron chi connectivity index (χ4n) is 7.83. The van der Waals surface area contributed by atoms with Crippen LogP contribution in [0.15, 0.2) is 83.0 Å². The van der Waals surface area contributed by atoms with E-state index >= 15 is 4.39 Å². The number of aliphatic hydroxyl groups is 1. The molecule has 2 fully saturated rings. The molecule has 1 N–H and O–H groups in total. The Morgan fingerprint density at radius 3 is 2.23 bits per heavy atom. The van der Waals surface area contributed by atoms with Crippen molar-refractivity contribution in [3.63, 3.8) is 0 Å². The van der Waals surface area contributed by atoms with Crippen molar-refractivity contribution >= 4 is 17.7 Å². The van der Waals surface area contributed by atoms with Gasteiger partial charge in [0, 0.05) is 56.1 Å². The number of benzene rings is 3. The molecule has 4 aromatic rings. The number of aryl methyl sites for hydroxylation is 1. The standard InChI is InChI=1S/C40H51FN8O4/c1-5-30-7-16-36(37(41)21-30)40(25-47-28-44(4)26-42-47)22-31(24-53-40)23-52-35-14-12-33(13-15-35)46-19-17-45(18-20-46)32-8-10-34(11-9-32)48-27-43-49(39(48)51)38(6-2)29(3)50/h7-16,21,26-27,29,31,38,50H,5-6,17-20,22-25,28H2,1-4H3. The lowest BCUT2D eigenvalue weighted by molar-refractivity contribution is -0.0321. The number of aliphatic hydroxyl groups excluding tert-OH is 1. The maximum absolute atomic E-state index is 15.5. The van der Waals surface area contributed by atoms with E-state index in [2.05, 4.69) is 32.1 Å². The molecule has 7 rings (SSSR count). The van der Waals surface area contributed by atoms with Gasteiger partial charge in [-0.3, -0.25) is 5.01 Å². The summed E-state index contributed by atoms with van der Waals surface area (Å²) in [5.74, 6) is 0.679. The van der Waals surface area contributed by atoms with Crippen LogP contribution in [0, 0.1) is 11.7 Å². The van der Waals surface area contributed by atoms with Gasteiger partial charge in [-0.05, 0) is 86.3 Å². The van der Waals surface area contributed by atoms with E-state index in [0.717, 1.165) is 61.0 Å². The van der Waals surface area contributed by atoms with Gasteiger partial charge >= 0.3 is 5.69 Å². The van der Waals surface area contributed by atoms with Gasteiger partial charge in [-0.15, -0.1) is 0 Å². The first kappa shape index (κ1) is 36.5. The average molecular weight is 727 g/mol. The third-order valence-corrected chi connectivity index (χ3v) is 10.8. The lowest BCUT2D eigenvalue weighted by atomic mass is 9.86. The summed E-state index contributed by atoms with van der Waals surface area (Å²) in [6.45, 7) is 11.2. The molecule has 12 nitrogen and oxygen atoms in total. The average Bonchev–Trinajstić information content (AvgIpc) is 3.89. The minimum absolute atomic E-state index is 0.105. The predicted molar refractivity (Wildman–Crippen MR) is 205 cm³/mol. The van der Waals surface area contributed by atoms with Crippen molar-refractivity contribution in [1.82, 2.24) is 24.3 Å². The van der Waals surface area contributed by atoms with Crippen LogP contribution in [-0.2, 0) is 16.8 Å². The van der Waals surface area contributed by atoms with Gasteiger partial charge < -0.3 is 29.3 Å². The lowest BCUT2D eigenvalue weighted by Crippen LogP contribution is -2.46. The smallest absolute Gasteiger partial charge is 0.350 e. The minimum Gasteiger partial charge on any atom is -0.493 e. The van der Waals surface area contributed by atoms with Crippen LogP contribution in [0.3, 0.4) is 0 Å². The van der Waals surface area contributed by atoms with Crippen molar-refractivity contribution in [2.45, 2.75) is 57.8 Å². The Labute approximate surface area is 310 Å². The summed E-state index contributed by atoms with van der Waals surface area (Å²) in [5, 5.41) is 20.8. The highest BCUT2D eigenvalue weighted by Crippen LogP contribution is 2.42. The van der Waals surface area contributed by atoms with Gasteiger partial charge in [0.2, 0.25) is 0 Å². The fourth-order valence-corrected chi connectivity index (χ4v) is 7.83. The third kappa shape index (κ3) is 7.77. The molecule has 0 aliphatic carbocycles.